The Bertz CT molecular complexity index is 866. The summed E-state index contributed by atoms with van der Waals surface area (Å²) in [4.78, 5) is 0. The zero-order chi connectivity index (χ0) is 18.9. The van der Waals surface area contributed by atoms with E-state index in [9.17, 15) is 0 Å². The highest BCUT2D eigenvalue weighted by atomic mass is 28.4. The minimum absolute atomic E-state index is 0.276. The van der Waals surface area contributed by atoms with Gasteiger partial charge in [-0.2, -0.15) is 0 Å². The summed E-state index contributed by atoms with van der Waals surface area (Å²) < 4.78 is 7.35. The Morgan fingerprint density at radius 1 is 0.815 bits per heavy atom. The van der Waals surface area contributed by atoms with Crippen molar-refractivity contribution < 1.29 is 4.43 Å². The molecule has 0 aliphatic carbocycles. The summed E-state index contributed by atoms with van der Waals surface area (Å²) in [5, 5.41) is 2.76. The van der Waals surface area contributed by atoms with Crippen LogP contribution in [-0.2, 0) is 10.0 Å². The lowest BCUT2D eigenvalue weighted by Gasteiger charge is -2.50. The van der Waals surface area contributed by atoms with Crippen molar-refractivity contribution in [3.05, 3.63) is 96.1 Å². The standard InChI is InChI=1S/C25H28OSi/c1-20-12-10-11-17-24(20)25(3)21(2)18-19-27(26-25,22-13-6-4-7-14-22)23-15-8-5-9-16-23/h4-17,21H,18-19H2,1-3H3. The molecule has 1 aliphatic rings. The maximum atomic E-state index is 7.35. The minimum atomic E-state index is -2.32. The van der Waals surface area contributed by atoms with Gasteiger partial charge >= 0.3 is 0 Å². The Morgan fingerprint density at radius 3 is 1.89 bits per heavy atom. The van der Waals surface area contributed by atoms with Crippen molar-refractivity contribution in [2.45, 2.75) is 38.8 Å². The second kappa shape index (κ2) is 7.10. The molecule has 4 rings (SSSR count). The second-order valence-electron chi connectivity index (χ2n) is 8.02. The summed E-state index contributed by atoms with van der Waals surface area (Å²) in [6, 6.07) is 31.8. The van der Waals surface area contributed by atoms with Crippen molar-refractivity contribution in [3.63, 3.8) is 0 Å². The van der Waals surface area contributed by atoms with Gasteiger partial charge in [0.1, 0.15) is 0 Å². The molecule has 2 atom stereocenters. The fraction of sp³-hybridized carbons (Fsp3) is 0.280. The van der Waals surface area contributed by atoms with Crippen molar-refractivity contribution in [1.29, 1.82) is 0 Å². The van der Waals surface area contributed by atoms with Gasteiger partial charge < -0.3 is 4.43 Å². The Balaban J connectivity index is 1.90. The summed E-state index contributed by atoms with van der Waals surface area (Å²) in [6.07, 6.45) is 1.18. The van der Waals surface area contributed by atoms with Gasteiger partial charge in [-0.3, -0.25) is 0 Å². The van der Waals surface area contributed by atoms with Crippen LogP contribution in [0.2, 0.25) is 6.04 Å². The molecule has 1 fully saturated rings. The number of hydrogen-bond donors (Lipinski definition) is 0. The summed E-state index contributed by atoms with van der Waals surface area (Å²) in [5.74, 6) is 0.478. The first-order valence-corrected chi connectivity index (χ1v) is 12.1. The van der Waals surface area contributed by atoms with Crippen molar-refractivity contribution in [2.75, 3.05) is 0 Å². The van der Waals surface area contributed by atoms with Crippen LogP contribution in [0.25, 0.3) is 0 Å². The van der Waals surface area contributed by atoms with E-state index >= 15 is 0 Å². The lowest BCUT2D eigenvalue weighted by atomic mass is 9.80. The molecule has 0 radical (unpaired) electrons. The first-order valence-electron chi connectivity index (χ1n) is 9.93. The van der Waals surface area contributed by atoms with E-state index in [1.54, 1.807) is 0 Å². The van der Waals surface area contributed by atoms with Gasteiger partial charge in [0.15, 0.2) is 0 Å². The Labute approximate surface area is 164 Å². The Kier molecular flexibility index (Phi) is 4.79. The van der Waals surface area contributed by atoms with E-state index in [2.05, 4.69) is 106 Å². The Hall–Kier alpha value is -2.16. The minimum Gasteiger partial charge on any atom is -0.398 e. The van der Waals surface area contributed by atoms with Crippen molar-refractivity contribution in [1.82, 2.24) is 0 Å². The van der Waals surface area contributed by atoms with Crippen LogP contribution < -0.4 is 10.4 Å². The average Bonchev–Trinajstić information content (AvgIpc) is 2.72. The molecule has 1 aliphatic heterocycles. The molecule has 1 nitrogen and oxygen atoms in total. The third-order valence-corrected chi connectivity index (χ3v) is 10.7. The highest BCUT2D eigenvalue weighted by molar-refractivity contribution is 6.97. The third-order valence-electron chi connectivity index (χ3n) is 6.42. The van der Waals surface area contributed by atoms with E-state index < -0.39 is 8.32 Å². The first-order chi connectivity index (χ1) is 13.1. The van der Waals surface area contributed by atoms with Crippen LogP contribution in [0.3, 0.4) is 0 Å². The SMILES string of the molecule is Cc1ccccc1C1(C)O[Si](c2ccccc2)(c2ccccc2)CCC1C. The average molecular weight is 373 g/mol. The van der Waals surface area contributed by atoms with Crippen LogP contribution >= 0.6 is 0 Å². The molecule has 3 aromatic rings. The van der Waals surface area contributed by atoms with Crippen LogP contribution in [0.15, 0.2) is 84.9 Å². The molecule has 138 valence electrons. The highest BCUT2D eigenvalue weighted by Crippen LogP contribution is 2.45. The molecule has 0 bridgehead atoms. The molecule has 0 N–H and O–H groups in total. The summed E-state index contributed by atoms with van der Waals surface area (Å²) >= 11 is 0. The zero-order valence-corrected chi connectivity index (χ0v) is 17.5. The molecule has 1 saturated heterocycles. The number of rotatable bonds is 3. The first kappa shape index (κ1) is 18.2. The molecule has 3 aromatic carbocycles. The number of benzene rings is 3. The molecule has 27 heavy (non-hydrogen) atoms. The topological polar surface area (TPSA) is 9.23 Å². The van der Waals surface area contributed by atoms with Crippen LogP contribution in [-0.4, -0.2) is 8.32 Å². The van der Waals surface area contributed by atoms with Gasteiger partial charge in [-0.05, 0) is 53.7 Å². The van der Waals surface area contributed by atoms with Crippen LogP contribution in [0.1, 0.15) is 31.4 Å². The van der Waals surface area contributed by atoms with E-state index in [1.165, 1.54) is 27.9 Å². The van der Waals surface area contributed by atoms with Gasteiger partial charge in [0.2, 0.25) is 0 Å². The van der Waals surface area contributed by atoms with Crippen molar-refractivity contribution in [3.8, 4) is 0 Å². The van der Waals surface area contributed by atoms with Gasteiger partial charge in [-0.25, -0.2) is 0 Å². The quantitative estimate of drug-likeness (QED) is 0.586. The molecule has 0 spiro atoms. The molecule has 2 heteroatoms. The number of hydrogen-bond acceptors (Lipinski definition) is 1. The zero-order valence-electron chi connectivity index (χ0n) is 16.5. The van der Waals surface area contributed by atoms with E-state index in [0.717, 1.165) is 6.04 Å². The van der Waals surface area contributed by atoms with Gasteiger partial charge in [-0.15, -0.1) is 0 Å². The molecule has 1 heterocycles. The van der Waals surface area contributed by atoms with Gasteiger partial charge in [-0.1, -0.05) is 91.9 Å². The summed E-state index contributed by atoms with van der Waals surface area (Å²) in [6.45, 7) is 6.87. The normalized spacial score (nSPS) is 24.5. The summed E-state index contributed by atoms with van der Waals surface area (Å²) in [5.41, 5.74) is 2.38. The molecule has 0 amide bonds. The lowest BCUT2D eigenvalue weighted by Crippen LogP contribution is -2.67. The molecule has 0 saturated carbocycles. The fourth-order valence-corrected chi connectivity index (χ4v) is 9.23. The van der Waals surface area contributed by atoms with E-state index in [-0.39, 0.29) is 5.60 Å². The fourth-order valence-electron chi connectivity index (χ4n) is 4.65. The van der Waals surface area contributed by atoms with Crippen LogP contribution in [0.5, 0.6) is 0 Å². The maximum absolute atomic E-state index is 7.35. The van der Waals surface area contributed by atoms with Crippen molar-refractivity contribution >= 4 is 18.7 Å². The van der Waals surface area contributed by atoms with Crippen molar-refractivity contribution in [2.24, 2.45) is 5.92 Å². The molecular weight excluding hydrogens is 344 g/mol. The molecule has 2 unspecified atom stereocenters. The van der Waals surface area contributed by atoms with E-state index in [4.69, 9.17) is 4.43 Å². The predicted octanol–water partition coefficient (Wildman–Crippen LogP) is 5.03. The second-order valence-corrected chi connectivity index (χ2v) is 11.5. The third kappa shape index (κ3) is 3.07. The summed E-state index contributed by atoms with van der Waals surface area (Å²) in [7, 11) is -2.32. The van der Waals surface area contributed by atoms with Gasteiger partial charge in [0.25, 0.3) is 8.32 Å². The molecular formula is C25H28OSi. The predicted molar refractivity (Wildman–Crippen MR) is 116 cm³/mol. The maximum Gasteiger partial charge on any atom is 0.256 e. The highest BCUT2D eigenvalue weighted by Gasteiger charge is 2.52. The Morgan fingerprint density at radius 2 is 1.33 bits per heavy atom. The van der Waals surface area contributed by atoms with E-state index in [1.807, 2.05) is 0 Å². The number of aryl methyl sites for hydroxylation is 1. The smallest absolute Gasteiger partial charge is 0.256 e. The van der Waals surface area contributed by atoms with E-state index in [0.29, 0.717) is 5.92 Å². The van der Waals surface area contributed by atoms with Gasteiger partial charge in [0.05, 0.1) is 5.60 Å². The molecule has 0 aromatic heterocycles. The van der Waals surface area contributed by atoms with Crippen LogP contribution in [0, 0.1) is 12.8 Å². The monoisotopic (exact) mass is 372 g/mol. The lowest BCUT2D eigenvalue weighted by molar-refractivity contribution is 0.00422. The van der Waals surface area contributed by atoms with Crippen LogP contribution in [0.4, 0.5) is 0 Å². The van der Waals surface area contributed by atoms with Gasteiger partial charge in [0, 0.05) is 0 Å². The largest absolute Gasteiger partial charge is 0.398 e.